The van der Waals surface area contributed by atoms with E-state index in [2.05, 4.69) is 28.2 Å². The van der Waals surface area contributed by atoms with Crippen LogP contribution >= 0.6 is 0 Å². The Bertz CT molecular complexity index is 938. The molecule has 1 amide bonds. The zero-order valence-electron chi connectivity index (χ0n) is 15.8. The van der Waals surface area contributed by atoms with Gasteiger partial charge in [0.1, 0.15) is 0 Å². The Morgan fingerprint density at radius 3 is 2.52 bits per heavy atom. The fourth-order valence-corrected chi connectivity index (χ4v) is 4.33. The van der Waals surface area contributed by atoms with Crippen LogP contribution in [0.5, 0.6) is 0 Å². The van der Waals surface area contributed by atoms with Crippen LogP contribution in [0.3, 0.4) is 0 Å². The summed E-state index contributed by atoms with van der Waals surface area (Å²) >= 11 is 0. The predicted octanol–water partition coefficient (Wildman–Crippen LogP) is 3.35. The second kappa shape index (κ2) is 8.23. The number of carbonyl (C=O) groups excluding carboxylic acids is 1. The van der Waals surface area contributed by atoms with Crippen LogP contribution in [0.4, 0.5) is 0 Å². The number of fused-ring (bicyclic) bond motifs is 1. The first kappa shape index (κ1) is 19.6. The summed E-state index contributed by atoms with van der Waals surface area (Å²) in [7, 11) is -2.23. The molecule has 2 aromatic carbocycles. The number of sulfonamides is 1. The number of nitrogens with one attached hydrogen (secondary N) is 2. The maximum Gasteiger partial charge on any atom is 0.251 e. The molecule has 0 heterocycles. The normalized spacial score (nSPS) is 15.0. The molecule has 2 N–H and O–H groups in total. The lowest BCUT2D eigenvalue weighted by Crippen LogP contribution is -2.28. The summed E-state index contributed by atoms with van der Waals surface area (Å²) in [4.78, 5) is 12.8. The van der Waals surface area contributed by atoms with Crippen LogP contribution in [0, 0.1) is 0 Å². The van der Waals surface area contributed by atoms with Crippen LogP contribution in [-0.4, -0.2) is 21.4 Å². The highest BCUT2D eigenvalue weighted by Crippen LogP contribution is 2.26. The summed E-state index contributed by atoms with van der Waals surface area (Å²) < 4.78 is 26.2. The second-order valence-corrected chi connectivity index (χ2v) is 8.79. The van der Waals surface area contributed by atoms with Crippen molar-refractivity contribution in [2.45, 2.75) is 50.0 Å². The van der Waals surface area contributed by atoms with Gasteiger partial charge in [-0.1, -0.05) is 31.2 Å². The number of hydrogen-bond acceptors (Lipinski definition) is 3. The molecule has 5 nitrogen and oxygen atoms in total. The van der Waals surface area contributed by atoms with Gasteiger partial charge in [0.2, 0.25) is 10.0 Å². The van der Waals surface area contributed by atoms with Crippen molar-refractivity contribution in [2.75, 3.05) is 7.05 Å². The van der Waals surface area contributed by atoms with Crippen LogP contribution < -0.4 is 10.0 Å². The number of carbonyl (C=O) groups is 1. The maximum atomic E-state index is 12.7. The third kappa shape index (κ3) is 4.39. The highest BCUT2D eigenvalue weighted by atomic mass is 32.2. The van der Waals surface area contributed by atoms with Crippen molar-refractivity contribution < 1.29 is 13.2 Å². The summed E-state index contributed by atoms with van der Waals surface area (Å²) in [6.45, 7) is 2.03. The smallest absolute Gasteiger partial charge is 0.251 e. The Labute approximate surface area is 161 Å². The third-order valence-corrected chi connectivity index (χ3v) is 6.58. The monoisotopic (exact) mass is 386 g/mol. The zero-order chi connectivity index (χ0) is 19.4. The summed E-state index contributed by atoms with van der Waals surface area (Å²) in [5.41, 5.74) is 4.23. The Morgan fingerprint density at radius 2 is 1.81 bits per heavy atom. The summed E-state index contributed by atoms with van der Waals surface area (Å²) in [5.74, 6) is -0.271. The van der Waals surface area contributed by atoms with E-state index in [1.165, 1.54) is 43.1 Å². The first-order valence-corrected chi connectivity index (χ1v) is 10.9. The summed E-state index contributed by atoms with van der Waals surface area (Å²) in [6, 6.07) is 12.5. The quantitative estimate of drug-likeness (QED) is 0.799. The number of rotatable bonds is 6. The van der Waals surface area contributed by atoms with Gasteiger partial charge in [0.15, 0.2) is 0 Å². The van der Waals surface area contributed by atoms with E-state index in [0.717, 1.165) is 24.8 Å². The molecule has 1 aliphatic rings. The summed E-state index contributed by atoms with van der Waals surface area (Å²) in [6.07, 6.45) is 5.44. The van der Waals surface area contributed by atoms with Gasteiger partial charge in [-0.05, 0) is 74.0 Å². The number of benzene rings is 2. The Hall–Kier alpha value is -2.18. The first-order valence-electron chi connectivity index (χ1n) is 9.40. The second-order valence-electron chi connectivity index (χ2n) is 6.90. The predicted molar refractivity (Wildman–Crippen MR) is 106 cm³/mol. The Kier molecular flexibility index (Phi) is 5.97. The van der Waals surface area contributed by atoms with E-state index in [1.54, 1.807) is 12.1 Å². The lowest BCUT2D eigenvalue weighted by Gasteiger charge is -2.22. The lowest BCUT2D eigenvalue weighted by atomic mass is 9.88. The number of aryl methyl sites for hydroxylation is 2. The molecule has 2 aromatic rings. The third-order valence-electron chi connectivity index (χ3n) is 5.16. The SMILES string of the molecule is CCC(NC(=O)c1cccc(S(=O)(=O)NC)c1)c1ccc2c(c1)CCCC2. The topological polar surface area (TPSA) is 75.3 Å². The molecule has 3 rings (SSSR count). The Morgan fingerprint density at radius 1 is 1.07 bits per heavy atom. The van der Waals surface area contributed by atoms with Crippen LogP contribution in [0.2, 0.25) is 0 Å². The van der Waals surface area contributed by atoms with Crippen molar-refractivity contribution >= 4 is 15.9 Å². The molecule has 0 aromatic heterocycles. The van der Waals surface area contributed by atoms with Crippen LogP contribution in [-0.2, 0) is 22.9 Å². The fraction of sp³-hybridized carbons (Fsp3) is 0.381. The number of hydrogen-bond donors (Lipinski definition) is 2. The van der Waals surface area contributed by atoms with Crippen molar-refractivity contribution in [2.24, 2.45) is 0 Å². The van der Waals surface area contributed by atoms with Gasteiger partial charge in [-0.3, -0.25) is 4.79 Å². The van der Waals surface area contributed by atoms with Crippen LogP contribution in [0.25, 0.3) is 0 Å². The highest BCUT2D eigenvalue weighted by Gasteiger charge is 2.19. The van der Waals surface area contributed by atoms with E-state index in [-0.39, 0.29) is 16.8 Å². The molecule has 6 heteroatoms. The molecule has 144 valence electrons. The molecule has 0 fully saturated rings. The average molecular weight is 387 g/mol. The van der Waals surface area contributed by atoms with Gasteiger partial charge in [0.25, 0.3) is 5.91 Å². The average Bonchev–Trinajstić information content (AvgIpc) is 2.71. The maximum absolute atomic E-state index is 12.7. The molecule has 1 atom stereocenters. The standard InChI is InChI=1S/C21H26N2O3S/c1-3-20(17-12-11-15-7-4-5-8-16(15)13-17)23-21(24)18-9-6-10-19(14-18)27(25,26)22-2/h6,9-14,20,22H,3-5,7-8H2,1-2H3,(H,23,24). The summed E-state index contributed by atoms with van der Waals surface area (Å²) in [5, 5.41) is 3.05. The molecule has 0 spiro atoms. The molecule has 0 bridgehead atoms. The van der Waals surface area contributed by atoms with Crippen molar-refractivity contribution in [1.29, 1.82) is 0 Å². The molecular weight excluding hydrogens is 360 g/mol. The van der Waals surface area contributed by atoms with E-state index >= 15 is 0 Å². The largest absolute Gasteiger partial charge is 0.345 e. The Balaban J connectivity index is 1.81. The molecule has 0 aliphatic heterocycles. The van der Waals surface area contributed by atoms with E-state index in [9.17, 15) is 13.2 Å². The number of amides is 1. The van der Waals surface area contributed by atoms with E-state index in [0.29, 0.717) is 5.56 Å². The van der Waals surface area contributed by atoms with E-state index < -0.39 is 10.0 Å². The van der Waals surface area contributed by atoms with Gasteiger partial charge < -0.3 is 5.32 Å². The molecule has 0 saturated carbocycles. The molecule has 1 aliphatic carbocycles. The van der Waals surface area contributed by atoms with Gasteiger partial charge in [-0.15, -0.1) is 0 Å². The lowest BCUT2D eigenvalue weighted by molar-refractivity contribution is 0.0935. The van der Waals surface area contributed by atoms with E-state index in [4.69, 9.17) is 0 Å². The molecule has 0 saturated heterocycles. The fourth-order valence-electron chi connectivity index (χ4n) is 3.56. The van der Waals surface area contributed by atoms with Gasteiger partial charge >= 0.3 is 0 Å². The highest BCUT2D eigenvalue weighted by molar-refractivity contribution is 7.89. The van der Waals surface area contributed by atoms with Crippen molar-refractivity contribution in [1.82, 2.24) is 10.0 Å². The molecular formula is C21H26N2O3S. The van der Waals surface area contributed by atoms with Gasteiger partial charge in [-0.2, -0.15) is 0 Å². The molecule has 27 heavy (non-hydrogen) atoms. The molecule has 1 unspecified atom stereocenters. The van der Waals surface area contributed by atoms with Crippen molar-refractivity contribution in [3.05, 3.63) is 64.7 Å². The van der Waals surface area contributed by atoms with E-state index in [1.807, 2.05) is 6.92 Å². The van der Waals surface area contributed by atoms with Gasteiger partial charge in [0.05, 0.1) is 10.9 Å². The van der Waals surface area contributed by atoms with Gasteiger partial charge in [-0.25, -0.2) is 13.1 Å². The minimum atomic E-state index is -3.58. The van der Waals surface area contributed by atoms with Gasteiger partial charge in [0, 0.05) is 5.56 Å². The minimum Gasteiger partial charge on any atom is -0.345 e. The molecule has 0 radical (unpaired) electrons. The van der Waals surface area contributed by atoms with Crippen molar-refractivity contribution in [3.63, 3.8) is 0 Å². The van der Waals surface area contributed by atoms with Crippen LogP contribution in [0.1, 0.15) is 59.3 Å². The first-order chi connectivity index (χ1) is 12.9. The zero-order valence-corrected chi connectivity index (χ0v) is 16.6. The van der Waals surface area contributed by atoms with Crippen molar-refractivity contribution in [3.8, 4) is 0 Å². The minimum absolute atomic E-state index is 0.0829. The van der Waals surface area contributed by atoms with Crippen LogP contribution in [0.15, 0.2) is 47.4 Å².